The van der Waals surface area contributed by atoms with Crippen LogP contribution in [0.5, 0.6) is 0 Å². The van der Waals surface area contributed by atoms with Gasteiger partial charge in [0.1, 0.15) is 0 Å². The molecule has 1 saturated heterocycles. The van der Waals surface area contributed by atoms with Crippen LogP contribution in [0.15, 0.2) is 30.3 Å². The quantitative estimate of drug-likeness (QED) is 0.877. The zero-order chi connectivity index (χ0) is 12.8. The van der Waals surface area contributed by atoms with Crippen molar-refractivity contribution in [1.82, 2.24) is 10.2 Å². The Morgan fingerprint density at radius 2 is 2.11 bits per heavy atom. The Hall–Kier alpha value is -0.860. The Balaban J connectivity index is 2.03. The van der Waals surface area contributed by atoms with E-state index in [9.17, 15) is 0 Å². The average molecular weight is 246 g/mol. The van der Waals surface area contributed by atoms with Gasteiger partial charge in [0.25, 0.3) is 0 Å². The van der Waals surface area contributed by atoms with Gasteiger partial charge in [0.05, 0.1) is 0 Å². The van der Waals surface area contributed by atoms with Crippen LogP contribution in [0.2, 0.25) is 0 Å². The highest BCUT2D eigenvalue weighted by molar-refractivity contribution is 5.19. The first-order valence-electron chi connectivity index (χ1n) is 7.33. The second-order valence-corrected chi connectivity index (χ2v) is 5.40. The second kappa shape index (κ2) is 6.91. The minimum atomic E-state index is 0.494. The summed E-state index contributed by atoms with van der Waals surface area (Å²) in [5.41, 5.74) is 1.42. The summed E-state index contributed by atoms with van der Waals surface area (Å²) in [5.74, 6) is 0. The van der Waals surface area contributed by atoms with E-state index in [0.717, 1.165) is 13.1 Å². The van der Waals surface area contributed by atoms with Gasteiger partial charge >= 0.3 is 0 Å². The van der Waals surface area contributed by atoms with E-state index in [1.165, 1.54) is 31.4 Å². The molecule has 0 aromatic heterocycles. The van der Waals surface area contributed by atoms with E-state index < -0.39 is 0 Å². The maximum Gasteiger partial charge on any atom is 0.0449 e. The first-order chi connectivity index (χ1) is 8.81. The third-order valence-electron chi connectivity index (χ3n) is 3.96. The van der Waals surface area contributed by atoms with Crippen LogP contribution < -0.4 is 5.32 Å². The van der Waals surface area contributed by atoms with Crippen molar-refractivity contribution >= 4 is 0 Å². The van der Waals surface area contributed by atoms with Crippen LogP contribution in [-0.2, 0) is 0 Å². The molecule has 1 aliphatic heterocycles. The summed E-state index contributed by atoms with van der Waals surface area (Å²) in [7, 11) is 0. The predicted molar refractivity (Wildman–Crippen MR) is 77.7 cm³/mol. The highest BCUT2D eigenvalue weighted by Crippen LogP contribution is 2.19. The Morgan fingerprint density at radius 3 is 2.83 bits per heavy atom. The van der Waals surface area contributed by atoms with Gasteiger partial charge in [-0.2, -0.15) is 0 Å². The first-order valence-corrected chi connectivity index (χ1v) is 7.33. The lowest BCUT2D eigenvalue weighted by Gasteiger charge is -2.30. The van der Waals surface area contributed by atoms with E-state index in [0.29, 0.717) is 12.1 Å². The van der Waals surface area contributed by atoms with Crippen molar-refractivity contribution in [3.8, 4) is 0 Å². The van der Waals surface area contributed by atoms with Crippen molar-refractivity contribution in [2.45, 2.75) is 45.2 Å². The largest absolute Gasteiger partial charge is 0.309 e. The molecule has 0 radical (unpaired) electrons. The smallest absolute Gasteiger partial charge is 0.0449 e. The fourth-order valence-electron chi connectivity index (χ4n) is 2.86. The summed E-state index contributed by atoms with van der Waals surface area (Å²) >= 11 is 0. The summed E-state index contributed by atoms with van der Waals surface area (Å²) in [5, 5.41) is 3.68. The third-order valence-corrected chi connectivity index (χ3v) is 3.96. The summed E-state index contributed by atoms with van der Waals surface area (Å²) in [6, 6.07) is 12.1. The van der Waals surface area contributed by atoms with Crippen molar-refractivity contribution in [2.75, 3.05) is 19.6 Å². The van der Waals surface area contributed by atoms with Gasteiger partial charge in [-0.15, -0.1) is 0 Å². The van der Waals surface area contributed by atoms with E-state index in [2.05, 4.69) is 54.4 Å². The molecule has 2 atom stereocenters. The normalized spacial score (nSPS) is 23.6. The Morgan fingerprint density at radius 1 is 1.33 bits per heavy atom. The lowest BCUT2D eigenvalue weighted by atomic mass is 10.1. The lowest BCUT2D eigenvalue weighted by molar-refractivity contribution is 0.195. The molecule has 0 bridgehead atoms. The molecule has 100 valence electrons. The van der Waals surface area contributed by atoms with Crippen LogP contribution in [0, 0.1) is 0 Å². The van der Waals surface area contributed by atoms with Crippen molar-refractivity contribution in [2.24, 2.45) is 0 Å². The Kier molecular flexibility index (Phi) is 5.21. The SMILES string of the molecule is CCCC(C)N1CCCNC(c2ccccc2)C1. The fourth-order valence-corrected chi connectivity index (χ4v) is 2.86. The molecule has 1 aromatic rings. The molecule has 0 spiro atoms. The second-order valence-electron chi connectivity index (χ2n) is 5.40. The minimum Gasteiger partial charge on any atom is -0.309 e. The number of hydrogen-bond acceptors (Lipinski definition) is 2. The summed E-state index contributed by atoms with van der Waals surface area (Å²) < 4.78 is 0. The molecule has 1 aromatic carbocycles. The Bertz CT molecular complexity index is 336. The molecular formula is C16H26N2. The minimum absolute atomic E-state index is 0.494. The molecule has 0 amide bonds. The summed E-state index contributed by atoms with van der Waals surface area (Å²) in [6.45, 7) is 8.16. The molecule has 0 aliphatic carbocycles. The zero-order valence-corrected chi connectivity index (χ0v) is 11.7. The number of hydrogen-bond donors (Lipinski definition) is 1. The molecule has 2 heteroatoms. The maximum atomic E-state index is 3.68. The lowest BCUT2D eigenvalue weighted by Crippen LogP contribution is -2.37. The van der Waals surface area contributed by atoms with Crippen LogP contribution in [0.1, 0.15) is 44.7 Å². The molecule has 1 aliphatic rings. The van der Waals surface area contributed by atoms with Crippen LogP contribution in [0.3, 0.4) is 0 Å². The average Bonchev–Trinajstić information content (AvgIpc) is 2.66. The van der Waals surface area contributed by atoms with Gasteiger partial charge in [-0.3, -0.25) is 4.90 Å². The third kappa shape index (κ3) is 3.56. The van der Waals surface area contributed by atoms with Crippen LogP contribution in [0.25, 0.3) is 0 Å². The van der Waals surface area contributed by atoms with Gasteiger partial charge in [-0.25, -0.2) is 0 Å². The van der Waals surface area contributed by atoms with Gasteiger partial charge in [0.2, 0.25) is 0 Å². The van der Waals surface area contributed by atoms with Gasteiger partial charge in [0, 0.05) is 18.6 Å². The topological polar surface area (TPSA) is 15.3 Å². The molecule has 2 nitrogen and oxygen atoms in total. The fraction of sp³-hybridized carbons (Fsp3) is 0.625. The molecule has 1 N–H and O–H groups in total. The van der Waals surface area contributed by atoms with E-state index in [4.69, 9.17) is 0 Å². The van der Waals surface area contributed by atoms with Gasteiger partial charge in [-0.05, 0) is 38.4 Å². The number of rotatable bonds is 4. The van der Waals surface area contributed by atoms with Crippen molar-refractivity contribution in [1.29, 1.82) is 0 Å². The highest BCUT2D eigenvalue weighted by Gasteiger charge is 2.21. The number of nitrogens with one attached hydrogen (secondary N) is 1. The van der Waals surface area contributed by atoms with E-state index in [-0.39, 0.29) is 0 Å². The van der Waals surface area contributed by atoms with Gasteiger partial charge in [-0.1, -0.05) is 43.7 Å². The Labute approximate surface area is 111 Å². The van der Waals surface area contributed by atoms with Crippen molar-refractivity contribution < 1.29 is 0 Å². The maximum absolute atomic E-state index is 3.68. The van der Waals surface area contributed by atoms with E-state index >= 15 is 0 Å². The van der Waals surface area contributed by atoms with E-state index in [1.807, 2.05) is 0 Å². The van der Waals surface area contributed by atoms with Crippen molar-refractivity contribution in [3.63, 3.8) is 0 Å². The van der Waals surface area contributed by atoms with Crippen LogP contribution >= 0.6 is 0 Å². The van der Waals surface area contributed by atoms with Crippen LogP contribution in [-0.4, -0.2) is 30.6 Å². The molecule has 2 rings (SSSR count). The van der Waals surface area contributed by atoms with Gasteiger partial charge in [0.15, 0.2) is 0 Å². The summed E-state index contributed by atoms with van der Waals surface area (Å²) in [6.07, 6.45) is 3.85. The standard InChI is InChI=1S/C16H26N2/c1-3-8-14(2)18-12-7-11-17-16(13-18)15-9-5-4-6-10-15/h4-6,9-10,14,16-17H,3,7-8,11-13H2,1-2H3. The molecule has 0 saturated carbocycles. The molecule has 1 fully saturated rings. The first kappa shape index (κ1) is 13.6. The van der Waals surface area contributed by atoms with Crippen LogP contribution in [0.4, 0.5) is 0 Å². The van der Waals surface area contributed by atoms with E-state index in [1.54, 1.807) is 0 Å². The molecular weight excluding hydrogens is 220 g/mol. The van der Waals surface area contributed by atoms with Gasteiger partial charge < -0.3 is 5.32 Å². The van der Waals surface area contributed by atoms with Crippen molar-refractivity contribution in [3.05, 3.63) is 35.9 Å². The number of benzene rings is 1. The monoisotopic (exact) mass is 246 g/mol. The number of nitrogens with zero attached hydrogens (tertiary/aromatic N) is 1. The molecule has 18 heavy (non-hydrogen) atoms. The predicted octanol–water partition coefficient (Wildman–Crippen LogP) is 3.21. The highest BCUT2D eigenvalue weighted by atomic mass is 15.2. The summed E-state index contributed by atoms with van der Waals surface area (Å²) in [4.78, 5) is 2.65. The molecule has 1 heterocycles. The molecule has 2 unspecified atom stereocenters. The zero-order valence-electron chi connectivity index (χ0n) is 11.7.